The first-order valence-electron chi connectivity index (χ1n) is 5.18. The second-order valence-electron chi connectivity index (χ2n) is 4.07. The SMILES string of the molecule is NC1CC1c1ccc(-n2ccnc2)cc1. The van der Waals surface area contributed by atoms with Crippen LogP contribution in [0.25, 0.3) is 5.69 Å². The number of nitrogens with zero attached hydrogens (tertiary/aromatic N) is 2. The first kappa shape index (κ1) is 8.68. The van der Waals surface area contributed by atoms with E-state index in [4.69, 9.17) is 5.73 Å². The molecule has 1 heterocycles. The molecule has 15 heavy (non-hydrogen) atoms. The maximum atomic E-state index is 5.82. The summed E-state index contributed by atoms with van der Waals surface area (Å²) in [4.78, 5) is 4.02. The number of rotatable bonds is 2. The number of nitrogens with two attached hydrogens (primary N) is 1. The molecule has 2 aromatic rings. The van der Waals surface area contributed by atoms with Crippen molar-refractivity contribution < 1.29 is 0 Å². The largest absolute Gasteiger partial charge is 0.327 e. The average molecular weight is 199 g/mol. The van der Waals surface area contributed by atoms with Crippen LogP contribution in [0.1, 0.15) is 17.9 Å². The lowest BCUT2D eigenvalue weighted by Gasteiger charge is -2.03. The van der Waals surface area contributed by atoms with Crippen LogP contribution < -0.4 is 5.73 Å². The van der Waals surface area contributed by atoms with E-state index in [1.807, 2.05) is 10.8 Å². The molecule has 2 unspecified atom stereocenters. The molecule has 0 aliphatic heterocycles. The maximum Gasteiger partial charge on any atom is 0.0991 e. The Morgan fingerprint density at radius 1 is 1.27 bits per heavy atom. The van der Waals surface area contributed by atoms with Gasteiger partial charge in [0.1, 0.15) is 0 Å². The second-order valence-corrected chi connectivity index (χ2v) is 4.07. The van der Waals surface area contributed by atoms with Gasteiger partial charge in [0.2, 0.25) is 0 Å². The molecule has 1 aliphatic carbocycles. The summed E-state index contributed by atoms with van der Waals surface area (Å²) in [6, 6.07) is 8.92. The Labute approximate surface area is 88.6 Å². The normalized spacial score (nSPS) is 24.1. The third-order valence-corrected chi connectivity index (χ3v) is 2.96. The molecule has 3 heteroatoms. The van der Waals surface area contributed by atoms with Crippen LogP contribution in [0.2, 0.25) is 0 Å². The first-order valence-corrected chi connectivity index (χ1v) is 5.18. The van der Waals surface area contributed by atoms with E-state index in [9.17, 15) is 0 Å². The fourth-order valence-corrected chi connectivity index (χ4v) is 1.90. The van der Waals surface area contributed by atoms with Crippen LogP contribution in [0.5, 0.6) is 0 Å². The monoisotopic (exact) mass is 199 g/mol. The third kappa shape index (κ3) is 1.55. The molecule has 76 valence electrons. The molecule has 0 amide bonds. The fraction of sp³-hybridized carbons (Fsp3) is 0.250. The second kappa shape index (κ2) is 3.21. The highest BCUT2D eigenvalue weighted by Gasteiger charge is 2.34. The number of hydrogen-bond donors (Lipinski definition) is 1. The van der Waals surface area contributed by atoms with Crippen molar-refractivity contribution in [2.45, 2.75) is 18.4 Å². The van der Waals surface area contributed by atoms with E-state index >= 15 is 0 Å². The van der Waals surface area contributed by atoms with E-state index in [0.29, 0.717) is 12.0 Å². The number of hydrogen-bond acceptors (Lipinski definition) is 2. The zero-order valence-electron chi connectivity index (χ0n) is 8.38. The van der Waals surface area contributed by atoms with Crippen LogP contribution in [0.15, 0.2) is 43.0 Å². The summed E-state index contributed by atoms with van der Waals surface area (Å²) in [6.07, 6.45) is 6.66. The molecule has 2 N–H and O–H groups in total. The Morgan fingerprint density at radius 3 is 2.53 bits per heavy atom. The molecule has 0 bridgehead atoms. The van der Waals surface area contributed by atoms with Crippen LogP contribution in [-0.4, -0.2) is 15.6 Å². The van der Waals surface area contributed by atoms with Gasteiger partial charge >= 0.3 is 0 Å². The maximum absolute atomic E-state index is 5.82. The number of benzene rings is 1. The van der Waals surface area contributed by atoms with E-state index in [2.05, 4.69) is 29.2 Å². The lowest BCUT2D eigenvalue weighted by Crippen LogP contribution is -2.01. The van der Waals surface area contributed by atoms with E-state index in [1.54, 1.807) is 12.5 Å². The highest BCUT2D eigenvalue weighted by Crippen LogP contribution is 2.38. The van der Waals surface area contributed by atoms with E-state index in [1.165, 1.54) is 5.56 Å². The number of aromatic nitrogens is 2. The van der Waals surface area contributed by atoms with Crippen LogP contribution in [-0.2, 0) is 0 Å². The van der Waals surface area contributed by atoms with Crippen LogP contribution >= 0.6 is 0 Å². The van der Waals surface area contributed by atoms with E-state index in [0.717, 1.165) is 12.1 Å². The van der Waals surface area contributed by atoms with Gasteiger partial charge in [0, 0.05) is 30.0 Å². The molecule has 0 spiro atoms. The van der Waals surface area contributed by atoms with Gasteiger partial charge in [-0.05, 0) is 24.1 Å². The molecule has 1 fully saturated rings. The molecule has 0 radical (unpaired) electrons. The predicted octanol–water partition coefficient (Wildman–Crippen LogP) is 1.69. The van der Waals surface area contributed by atoms with Gasteiger partial charge in [0.15, 0.2) is 0 Å². The summed E-state index contributed by atoms with van der Waals surface area (Å²) in [7, 11) is 0. The third-order valence-electron chi connectivity index (χ3n) is 2.96. The van der Waals surface area contributed by atoms with Gasteiger partial charge in [-0.2, -0.15) is 0 Å². The van der Waals surface area contributed by atoms with Crippen molar-refractivity contribution >= 4 is 0 Å². The summed E-state index contributed by atoms with van der Waals surface area (Å²) in [5, 5.41) is 0. The standard InChI is InChI=1S/C12H13N3/c13-12-7-11(12)9-1-3-10(4-2-9)15-6-5-14-8-15/h1-6,8,11-12H,7,13H2. The van der Waals surface area contributed by atoms with Gasteiger partial charge in [-0.15, -0.1) is 0 Å². The lowest BCUT2D eigenvalue weighted by molar-refractivity contribution is 0.985. The highest BCUT2D eigenvalue weighted by atomic mass is 15.0. The highest BCUT2D eigenvalue weighted by molar-refractivity contribution is 5.38. The minimum absolute atomic E-state index is 0.379. The molecule has 1 aromatic heterocycles. The Hall–Kier alpha value is -1.61. The molecular formula is C12H13N3. The molecule has 1 saturated carbocycles. The van der Waals surface area contributed by atoms with Crippen molar-refractivity contribution in [2.24, 2.45) is 5.73 Å². The van der Waals surface area contributed by atoms with E-state index in [-0.39, 0.29) is 0 Å². The molecule has 2 atom stereocenters. The summed E-state index contributed by atoms with van der Waals surface area (Å²) >= 11 is 0. The molecule has 1 aromatic carbocycles. The van der Waals surface area contributed by atoms with Crippen LogP contribution in [0.4, 0.5) is 0 Å². The van der Waals surface area contributed by atoms with Crippen molar-refractivity contribution in [1.82, 2.24) is 9.55 Å². The van der Waals surface area contributed by atoms with Gasteiger partial charge < -0.3 is 10.3 Å². The Bertz CT molecular complexity index is 444. The van der Waals surface area contributed by atoms with Gasteiger partial charge in [-0.25, -0.2) is 4.98 Å². The van der Waals surface area contributed by atoms with Crippen LogP contribution in [0, 0.1) is 0 Å². The molecule has 3 nitrogen and oxygen atoms in total. The first-order chi connectivity index (χ1) is 7.34. The van der Waals surface area contributed by atoms with Crippen molar-refractivity contribution in [2.75, 3.05) is 0 Å². The Morgan fingerprint density at radius 2 is 2.00 bits per heavy atom. The van der Waals surface area contributed by atoms with Gasteiger partial charge in [0.25, 0.3) is 0 Å². The smallest absolute Gasteiger partial charge is 0.0991 e. The predicted molar refractivity (Wildman–Crippen MR) is 58.9 cm³/mol. The molecule has 1 aliphatic rings. The quantitative estimate of drug-likeness (QED) is 0.799. The van der Waals surface area contributed by atoms with Gasteiger partial charge in [-0.1, -0.05) is 12.1 Å². The van der Waals surface area contributed by atoms with Crippen molar-refractivity contribution in [1.29, 1.82) is 0 Å². The van der Waals surface area contributed by atoms with Crippen LogP contribution in [0.3, 0.4) is 0 Å². The molecule has 0 saturated heterocycles. The van der Waals surface area contributed by atoms with Crippen molar-refractivity contribution in [3.8, 4) is 5.69 Å². The summed E-state index contributed by atoms with van der Waals surface area (Å²) < 4.78 is 2.00. The Kier molecular flexibility index (Phi) is 1.86. The summed E-state index contributed by atoms with van der Waals surface area (Å²) in [5.74, 6) is 0.585. The zero-order valence-corrected chi connectivity index (χ0v) is 8.38. The zero-order chi connectivity index (χ0) is 10.3. The van der Waals surface area contributed by atoms with Crippen molar-refractivity contribution in [3.63, 3.8) is 0 Å². The molecular weight excluding hydrogens is 186 g/mol. The topological polar surface area (TPSA) is 43.8 Å². The number of imidazole rings is 1. The minimum atomic E-state index is 0.379. The average Bonchev–Trinajstić information content (AvgIpc) is 2.82. The minimum Gasteiger partial charge on any atom is -0.327 e. The summed E-state index contributed by atoms with van der Waals surface area (Å²) in [5.41, 5.74) is 8.31. The summed E-state index contributed by atoms with van der Waals surface area (Å²) in [6.45, 7) is 0. The van der Waals surface area contributed by atoms with Gasteiger partial charge in [-0.3, -0.25) is 0 Å². The van der Waals surface area contributed by atoms with E-state index < -0.39 is 0 Å². The van der Waals surface area contributed by atoms with Gasteiger partial charge in [0.05, 0.1) is 6.33 Å². The van der Waals surface area contributed by atoms with Crippen molar-refractivity contribution in [3.05, 3.63) is 48.5 Å². The Balaban J connectivity index is 1.88. The molecule has 3 rings (SSSR count). The fourth-order valence-electron chi connectivity index (χ4n) is 1.90. The lowest BCUT2D eigenvalue weighted by atomic mass is 10.1.